The lowest BCUT2D eigenvalue weighted by atomic mass is 10.1. The average Bonchev–Trinajstić information content (AvgIpc) is 3.00. The highest BCUT2D eigenvalue weighted by molar-refractivity contribution is 8.00. The molecule has 1 aliphatic heterocycles. The molecule has 2 aromatic rings. The Morgan fingerprint density at radius 1 is 1.47 bits per heavy atom. The molecular weight excluding hydrogens is 258 g/mol. The lowest BCUT2D eigenvalue weighted by Crippen LogP contribution is -2.25. The number of nitrogens with two attached hydrogens (primary N) is 1. The van der Waals surface area contributed by atoms with Crippen LogP contribution >= 0.6 is 11.8 Å². The summed E-state index contributed by atoms with van der Waals surface area (Å²) in [5, 5.41) is 4.54. The third kappa shape index (κ3) is 2.02. The summed E-state index contributed by atoms with van der Waals surface area (Å²) in [6.45, 7) is 5.35. The summed E-state index contributed by atoms with van der Waals surface area (Å²) in [6, 6.07) is 0. The van der Waals surface area contributed by atoms with Gasteiger partial charge >= 0.3 is 0 Å². The molecule has 0 bridgehead atoms. The standard InChI is InChI=1S/C13H21N5S/c1-4-9-10-11(17(3)16-9)18(12(14)15-10)8-13(2)6-5-7-19-13/h4-8H2,1-3H3,(H2,14,15). The molecule has 2 N–H and O–H groups in total. The fraction of sp³-hybridized carbons (Fsp3) is 0.692. The molecule has 0 spiro atoms. The molecule has 1 aliphatic rings. The van der Waals surface area contributed by atoms with Gasteiger partial charge in [0, 0.05) is 18.3 Å². The molecule has 0 saturated carbocycles. The zero-order valence-electron chi connectivity index (χ0n) is 11.8. The van der Waals surface area contributed by atoms with Crippen molar-refractivity contribution in [2.75, 3.05) is 11.5 Å². The minimum atomic E-state index is 0.276. The third-order valence-corrected chi connectivity index (χ3v) is 5.47. The Balaban J connectivity index is 2.07. The lowest BCUT2D eigenvalue weighted by molar-refractivity contribution is 0.515. The largest absolute Gasteiger partial charge is 0.369 e. The molecule has 0 aliphatic carbocycles. The second-order valence-corrected chi connectivity index (χ2v) is 7.24. The van der Waals surface area contributed by atoms with Crippen molar-refractivity contribution >= 4 is 28.9 Å². The molecule has 1 atom stereocenters. The summed E-state index contributed by atoms with van der Waals surface area (Å²) < 4.78 is 4.33. The topological polar surface area (TPSA) is 61.7 Å². The number of anilines is 1. The van der Waals surface area contributed by atoms with Gasteiger partial charge in [0.25, 0.3) is 0 Å². The first kappa shape index (κ1) is 12.8. The van der Waals surface area contributed by atoms with Crippen LogP contribution in [0.4, 0.5) is 5.95 Å². The van der Waals surface area contributed by atoms with Gasteiger partial charge in [-0.15, -0.1) is 0 Å². The van der Waals surface area contributed by atoms with E-state index in [2.05, 4.69) is 28.5 Å². The van der Waals surface area contributed by atoms with Crippen LogP contribution < -0.4 is 5.73 Å². The molecule has 1 saturated heterocycles. The number of thioether (sulfide) groups is 1. The van der Waals surface area contributed by atoms with Crippen molar-refractivity contribution in [1.29, 1.82) is 0 Å². The summed E-state index contributed by atoms with van der Waals surface area (Å²) in [4.78, 5) is 4.53. The van der Waals surface area contributed by atoms with Crippen molar-refractivity contribution in [2.24, 2.45) is 7.05 Å². The number of aromatic nitrogens is 4. The van der Waals surface area contributed by atoms with Gasteiger partial charge in [-0.2, -0.15) is 16.9 Å². The highest BCUT2D eigenvalue weighted by atomic mass is 32.2. The molecule has 1 unspecified atom stereocenters. The van der Waals surface area contributed by atoms with Crippen molar-refractivity contribution in [3.63, 3.8) is 0 Å². The first-order chi connectivity index (χ1) is 9.04. The molecule has 0 amide bonds. The van der Waals surface area contributed by atoms with Gasteiger partial charge in [-0.05, 0) is 31.9 Å². The highest BCUT2D eigenvalue weighted by Gasteiger charge is 2.32. The summed E-state index contributed by atoms with van der Waals surface area (Å²) in [7, 11) is 1.98. The molecule has 104 valence electrons. The minimum Gasteiger partial charge on any atom is -0.369 e. The SMILES string of the molecule is CCc1nn(C)c2c1nc(N)n2CC1(C)CCCS1. The molecule has 19 heavy (non-hydrogen) atoms. The van der Waals surface area contributed by atoms with Gasteiger partial charge in [0.2, 0.25) is 5.95 Å². The Hall–Kier alpha value is -1.17. The van der Waals surface area contributed by atoms with E-state index >= 15 is 0 Å². The Morgan fingerprint density at radius 3 is 2.89 bits per heavy atom. The molecule has 3 rings (SSSR count). The third-order valence-electron chi connectivity index (χ3n) is 3.95. The maximum Gasteiger partial charge on any atom is 0.202 e. The van der Waals surface area contributed by atoms with Crippen LogP contribution in [0.5, 0.6) is 0 Å². The number of fused-ring (bicyclic) bond motifs is 1. The van der Waals surface area contributed by atoms with E-state index in [1.165, 1.54) is 18.6 Å². The van der Waals surface area contributed by atoms with Gasteiger partial charge in [-0.1, -0.05) is 6.92 Å². The van der Waals surface area contributed by atoms with Crippen LogP contribution in [0.3, 0.4) is 0 Å². The summed E-state index contributed by atoms with van der Waals surface area (Å²) in [5.74, 6) is 1.87. The van der Waals surface area contributed by atoms with Gasteiger partial charge in [0.15, 0.2) is 5.65 Å². The van der Waals surface area contributed by atoms with Gasteiger partial charge < -0.3 is 5.73 Å². The van der Waals surface area contributed by atoms with Crippen LogP contribution in [0.15, 0.2) is 0 Å². The van der Waals surface area contributed by atoms with Crippen LogP contribution in [0.1, 0.15) is 32.4 Å². The summed E-state index contributed by atoms with van der Waals surface area (Å²) in [6.07, 6.45) is 3.43. The Bertz CT molecular complexity index is 606. The Kier molecular flexibility index (Phi) is 3.00. The fourth-order valence-electron chi connectivity index (χ4n) is 2.95. The monoisotopic (exact) mass is 279 g/mol. The van der Waals surface area contributed by atoms with E-state index in [1.807, 2.05) is 23.5 Å². The Labute approximate surface area is 117 Å². The van der Waals surface area contributed by atoms with E-state index in [1.54, 1.807) is 0 Å². The van der Waals surface area contributed by atoms with Crippen LogP contribution in [0.25, 0.3) is 11.2 Å². The van der Waals surface area contributed by atoms with Crippen molar-refractivity contribution in [3.05, 3.63) is 5.69 Å². The first-order valence-electron chi connectivity index (χ1n) is 6.85. The maximum absolute atomic E-state index is 6.13. The second-order valence-electron chi connectivity index (χ2n) is 5.55. The average molecular weight is 279 g/mol. The quantitative estimate of drug-likeness (QED) is 0.935. The van der Waals surface area contributed by atoms with Crippen molar-refractivity contribution in [3.8, 4) is 0 Å². The van der Waals surface area contributed by atoms with Crippen LogP contribution in [0, 0.1) is 0 Å². The van der Waals surface area contributed by atoms with Gasteiger partial charge in [0.05, 0.1) is 5.69 Å². The Morgan fingerprint density at radius 2 is 2.26 bits per heavy atom. The van der Waals surface area contributed by atoms with Crippen molar-refractivity contribution < 1.29 is 0 Å². The molecule has 2 aromatic heterocycles. The van der Waals surface area contributed by atoms with Crippen LogP contribution in [-0.2, 0) is 20.0 Å². The number of hydrogen-bond acceptors (Lipinski definition) is 4. The second kappa shape index (κ2) is 4.44. The minimum absolute atomic E-state index is 0.276. The van der Waals surface area contributed by atoms with Crippen LogP contribution in [0.2, 0.25) is 0 Å². The normalized spacial score (nSPS) is 23.5. The zero-order valence-corrected chi connectivity index (χ0v) is 12.6. The zero-order chi connectivity index (χ0) is 13.6. The van der Waals surface area contributed by atoms with Gasteiger partial charge in [-0.3, -0.25) is 9.25 Å². The van der Waals surface area contributed by atoms with E-state index in [-0.39, 0.29) is 4.75 Å². The molecule has 6 heteroatoms. The molecule has 1 fully saturated rings. The van der Waals surface area contributed by atoms with E-state index in [0.717, 1.165) is 29.8 Å². The van der Waals surface area contributed by atoms with E-state index in [0.29, 0.717) is 5.95 Å². The number of nitrogens with zero attached hydrogens (tertiary/aromatic N) is 4. The number of aryl methyl sites for hydroxylation is 2. The van der Waals surface area contributed by atoms with E-state index < -0.39 is 0 Å². The number of hydrogen-bond donors (Lipinski definition) is 1. The molecule has 3 heterocycles. The molecule has 0 aromatic carbocycles. The first-order valence-corrected chi connectivity index (χ1v) is 7.84. The van der Waals surface area contributed by atoms with Crippen LogP contribution in [-0.4, -0.2) is 29.8 Å². The van der Waals surface area contributed by atoms with E-state index in [4.69, 9.17) is 5.73 Å². The molecule has 0 radical (unpaired) electrons. The molecule has 5 nitrogen and oxygen atoms in total. The maximum atomic E-state index is 6.13. The van der Waals surface area contributed by atoms with Crippen molar-refractivity contribution in [2.45, 2.75) is 44.4 Å². The predicted molar refractivity (Wildman–Crippen MR) is 80.4 cm³/mol. The fourth-order valence-corrected chi connectivity index (χ4v) is 4.24. The van der Waals surface area contributed by atoms with Gasteiger partial charge in [0.1, 0.15) is 5.52 Å². The number of nitrogen functional groups attached to an aromatic ring is 1. The predicted octanol–water partition coefficient (Wildman–Crippen LogP) is 2.20. The van der Waals surface area contributed by atoms with Crippen molar-refractivity contribution in [1.82, 2.24) is 19.3 Å². The van der Waals surface area contributed by atoms with Gasteiger partial charge in [-0.25, -0.2) is 4.98 Å². The number of rotatable bonds is 3. The van der Waals surface area contributed by atoms with E-state index in [9.17, 15) is 0 Å². The number of imidazole rings is 1. The highest BCUT2D eigenvalue weighted by Crippen LogP contribution is 2.40. The lowest BCUT2D eigenvalue weighted by Gasteiger charge is -2.23. The smallest absolute Gasteiger partial charge is 0.202 e. The molecular formula is C13H21N5S. The summed E-state index contributed by atoms with van der Waals surface area (Å²) >= 11 is 2.04. The summed E-state index contributed by atoms with van der Waals surface area (Å²) in [5.41, 5.74) is 9.19.